The minimum atomic E-state index is -0.197. The highest BCUT2D eigenvalue weighted by atomic mass is 32.2. The first-order valence-electron chi connectivity index (χ1n) is 10.7. The third-order valence-electron chi connectivity index (χ3n) is 4.91. The largest absolute Gasteiger partial charge is 0.486 e. The molecule has 0 unspecified atom stereocenters. The lowest BCUT2D eigenvalue weighted by Gasteiger charge is -2.10. The van der Waals surface area contributed by atoms with E-state index in [0.29, 0.717) is 34.7 Å². The fraction of sp³-hybridized carbons (Fsp3) is 0.280. The van der Waals surface area contributed by atoms with E-state index in [4.69, 9.17) is 4.74 Å². The second-order valence-electron chi connectivity index (χ2n) is 7.78. The number of rotatable bonds is 11. The lowest BCUT2D eigenvalue weighted by molar-refractivity contribution is -0.113. The molecule has 3 rings (SSSR count). The molecular weight excluding hydrogens is 436 g/mol. The molecule has 0 radical (unpaired) electrons. The molecule has 0 aliphatic carbocycles. The summed E-state index contributed by atoms with van der Waals surface area (Å²) in [6, 6.07) is 14.9. The number of thioether (sulfide) groups is 1. The SMILES string of the molecule is C=CCn1c(COc2ccc(C(C)C)cc2)nnc1SCC(=O)Nc1cccc(C(C)=O)c1. The van der Waals surface area contributed by atoms with Crippen LogP contribution in [0.2, 0.25) is 0 Å². The molecule has 8 heteroatoms. The average Bonchev–Trinajstić information content (AvgIpc) is 3.18. The molecule has 7 nitrogen and oxygen atoms in total. The van der Waals surface area contributed by atoms with Crippen molar-refractivity contribution < 1.29 is 14.3 Å². The van der Waals surface area contributed by atoms with E-state index < -0.39 is 0 Å². The number of carbonyl (C=O) groups is 2. The van der Waals surface area contributed by atoms with Crippen LogP contribution in [0.4, 0.5) is 5.69 Å². The van der Waals surface area contributed by atoms with Crippen molar-refractivity contribution in [2.45, 2.75) is 45.0 Å². The van der Waals surface area contributed by atoms with Gasteiger partial charge in [0.25, 0.3) is 0 Å². The van der Waals surface area contributed by atoms with E-state index in [-0.39, 0.29) is 24.1 Å². The standard InChI is InChI=1S/C25H28N4O3S/c1-5-13-29-23(15-32-22-11-9-19(10-12-22)17(2)3)27-28-25(29)33-16-24(31)26-21-8-6-7-20(14-21)18(4)30/h5-12,14,17H,1,13,15-16H2,2-4H3,(H,26,31). The number of carbonyl (C=O) groups excluding carboxylic acids is 2. The minimum Gasteiger partial charge on any atom is -0.486 e. The summed E-state index contributed by atoms with van der Waals surface area (Å²) in [5.74, 6) is 1.77. The first-order chi connectivity index (χ1) is 15.9. The molecule has 172 valence electrons. The molecule has 0 saturated carbocycles. The first-order valence-corrected chi connectivity index (χ1v) is 11.6. The van der Waals surface area contributed by atoms with Crippen molar-refractivity contribution in [3.05, 3.63) is 78.1 Å². The highest BCUT2D eigenvalue weighted by Crippen LogP contribution is 2.21. The molecule has 1 heterocycles. The number of hydrogen-bond donors (Lipinski definition) is 1. The van der Waals surface area contributed by atoms with E-state index in [1.165, 1.54) is 24.2 Å². The molecule has 0 aliphatic heterocycles. The number of amides is 1. The van der Waals surface area contributed by atoms with Gasteiger partial charge in [-0.25, -0.2) is 0 Å². The number of nitrogens with zero attached hydrogens (tertiary/aromatic N) is 3. The van der Waals surface area contributed by atoms with E-state index in [0.717, 1.165) is 5.75 Å². The van der Waals surface area contributed by atoms with E-state index in [1.54, 1.807) is 30.3 Å². The van der Waals surface area contributed by atoms with Crippen molar-refractivity contribution in [2.24, 2.45) is 0 Å². The van der Waals surface area contributed by atoms with Crippen molar-refractivity contribution in [3.8, 4) is 5.75 Å². The molecule has 1 amide bonds. The van der Waals surface area contributed by atoms with Gasteiger partial charge in [-0.3, -0.25) is 14.2 Å². The third kappa shape index (κ3) is 6.79. The average molecular weight is 465 g/mol. The number of nitrogens with one attached hydrogen (secondary N) is 1. The van der Waals surface area contributed by atoms with Crippen molar-refractivity contribution >= 4 is 29.1 Å². The minimum absolute atomic E-state index is 0.0522. The molecule has 0 fully saturated rings. The molecule has 0 bridgehead atoms. The van der Waals surface area contributed by atoms with Gasteiger partial charge in [-0.05, 0) is 42.7 Å². The molecule has 2 aromatic carbocycles. The zero-order chi connectivity index (χ0) is 23.8. The molecule has 0 aliphatic rings. The second-order valence-corrected chi connectivity index (χ2v) is 8.73. The topological polar surface area (TPSA) is 86.1 Å². The van der Waals surface area contributed by atoms with Crippen LogP contribution in [0.15, 0.2) is 66.3 Å². The van der Waals surface area contributed by atoms with Crippen LogP contribution in [0.3, 0.4) is 0 Å². The van der Waals surface area contributed by atoms with Crippen LogP contribution >= 0.6 is 11.8 Å². The summed E-state index contributed by atoms with van der Waals surface area (Å²) < 4.78 is 7.77. The normalized spacial score (nSPS) is 10.8. The van der Waals surface area contributed by atoms with Crippen LogP contribution < -0.4 is 10.1 Å². The van der Waals surface area contributed by atoms with Crippen LogP contribution in [0.25, 0.3) is 0 Å². The fourth-order valence-electron chi connectivity index (χ4n) is 3.08. The number of ether oxygens (including phenoxy) is 1. The Bertz CT molecular complexity index is 1120. The summed E-state index contributed by atoms with van der Waals surface area (Å²) in [4.78, 5) is 23.9. The Morgan fingerprint density at radius 2 is 1.94 bits per heavy atom. The van der Waals surface area contributed by atoms with E-state index in [2.05, 4.69) is 48.1 Å². The summed E-state index contributed by atoms with van der Waals surface area (Å²) in [7, 11) is 0. The number of allylic oxidation sites excluding steroid dienone is 1. The van der Waals surface area contributed by atoms with Gasteiger partial charge in [-0.1, -0.05) is 56.0 Å². The van der Waals surface area contributed by atoms with E-state index in [1.807, 2.05) is 16.7 Å². The number of anilines is 1. The summed E-state index contributed by atoms with van der Waals surface area (Å²) in [5, 5.41) is 11.9. The van der Waals surface area contributed by atoms with Gasteiger partial charge >= 0.3 is 0 Å². The Labute approximate surface area is 198 Å². The Morgan fingerprint density at radius 1 is 1.18 bits per heavy atom. The van der Waals surface area contributed by atoms with Crippen molar-refractivity contribution in [1.29, 1.82) is 0 Å². The molecule has 1 aromatic heterocycles. The van der Waals surface area contributed by atoms with Gasteiger partial charge in [0, 0.05) is 17.8 Å². The van der Waals surface area contributed by atoms with Crippen molar-refractivity contribution in [3.63, 3.8) is 0 Å². The highest BCUT2D eigenvalue weighted by molar-refractivity contribution is 7.99. The van der Waals surface area contributed by atoms with Gasteiger partial charge in [0.05, 0.1) is 5.75 Å². The monoisotopic (exact) mass is 464 g/mol. The zero-order valence-electron chi connectivity index (χ0n) is 19.1. The van der Waals surface area contributed by atoms with Gasteiger partial charge in [-0.15, -0.1) is 16.8 Å². The smallest absolute Gasteiger partial charge is 0.234 e. The Balaban J connectivity index is 1.60. The predicted octanol–water partition coefficient (Wildman–Crippen LogP) is 5.10. The van der Waals surface area contributed by atoms with Crippen LogP contribution in [-0.4, -0.2) is 32.2 Å². The summed E-state index contributed by atoms with van der Waals surface area (Å²) in [6.45, 7) is 10.4. The summed E-state index contributed by atoms with van der Waals surface area (Å²) in [6.07, 6.45) is 1.75. The molecule has 0 saturated heterocycles. The highest BCUT2D eigenvalue weighted by Gasteiger charge is 2.14. The van der Waals surface area contributed by atoms with Crippen molar-refractivity contribution in [1.82, 2.24) is 14.8 Å². The van der Waals surface area contributed by atoms with Crippen LogP contribution in [0.5, 0.6) is 5.75 Å². The van der Waals surface area contributed by atoms with E-state index >= 15 is 0 Å². The second kappa shape index (κ2) is 11.5. The van der Waals surface area contributed by atoms with E-state index in [9.17, 15) is 9.59 Å². The number of aromatic nitrogens is 3. The predicted molar refractivity (Wildman–Crippen MR) is 131 cm³/mol. The number of ketones is 1. The molecule has 0 spiro atoms. The van der Waals surface area contributed by atoms with Gasteiger partial charge in [0.1, 0.15) is 12.4 Å². The Hall–Kier alpha value is -3.39. The lowest BCUT2D eigenvalue weighted by atomic mass is 10.0. The lowest BCUT2D eigenvalue weighted by Crippen LogP contribution is -2.15. The Kier molecular flexibility index (Phi) is 8.43. The van der Waals surface area contributed by atoms with Gasteiger partial charge in [0.2, 0.25) is 5.91 Å². The maximum atomic E-state index is 12.4. The fourth-order valence-corrected chi connectivity index (χ4v) is 3.85. The maximum absolute atomic E-state index is 12.4. The maximum Gasteiger partial charge on any atom is 0.234 e. The quantitative estimate of drug-likeness (QED) is 0.241. The zero-order valence-corrected chi connectivity index (χ0v) is 19.9. The van der Waals surface area contributed by atoms with Crippen LogP contribution in [0, 0.1) is 0 Å². The van der Waals surface area contributed by atoms with Gasteiger partial charge in [-0.2, -0.15) is 0 Å². The Morgan fingerprint density at radius 3 is 2.61 bits per heavy atom. The summed E-state index contributed by atoms with van der Waals surface area (Å²) >= 11 is 1.28. The number of hydrogen-bond acceptors (Lipinski definition) is 6. The summed E-state index contributed by atoms with van der Waals surface area (Å²) in [5.41, 5.74) is 2.38. The number of Topliss-reactive ketones (excluding diaryl/α,β-unsaturated/α-hetero) is 1. The third-order valence-corrected chi connectivity index (χ3v) is 5.87. The first kappa shape index (κ1) is 24.3. The molecule has 33 heavy (non-hydrogen) atoms. The van der Waals surface area contributed by atoms with Crippen molar-refractivity contribution in [2.75, 3.05) is 11.1 Å². The molecule has 1 N–H and O–H groups in total. The van der Waals surface area contributed by atoms with Crippen LogP contribution in [-0.2, 0) is 17.9 Å². The molecule has 0 atom stereocenters. The van der Waals surface area contributed by atoms with Gasteiger partial charge in [0.15, 0.2) is 16.8 Å². The van der Waals surface area contributed by atoms with Gasteiger partial charge < -0.3 is 10.1 Å². The number of benzene rings is 2. The molecule has 3 aromatic rings. The molecular formula is C25H28N4O3S. The van der Waals surface area contributed by atoms with Crippen LogP contribution in [0.1, 0.15) is 48.4 Å².